The average molecular weight is 250 g/mol. The van der Waals surface area contributed by atoms with Crippen molar-refractivity contribution in [2.75, 3.05) is 18.0 Å². The highest BCUT2D eigenvalue weighted by molar-refractivity contribution is 5.50. The van der Waals surface area contributed by atoms with E-state index >= 15 is 0 Å². The maximum atomic E-state index is 5.97. The van der Waals surface area contributed by atoms with Gasteiger partial charge in [0.2, 0.25) is 0 Å². The minimum Gasteiger partial charge on any atom is -0.357 e. The van der Waals surface area contributed by atoms with Crippen LogP contribution in [0.25, 0.3) is 0 Å². The molecule has 1 unspecified atom stereocenters. The molecule has 1 aliphatic rings. The number of hydrogen-bond acceptors (Lipinski definition) is 3. The predicted octanol–water partition coefficient (Wildman–Crippen LogP) is 1.85. The van der Waals surface area contributed by atoms with Gasteiger partial charge in [-0.1, -0.05) is 0 Å². The van der Waals surface area contributed by atoms with E-state index in [9.17, 15) is 0 Å². The summed E-state index contributed by atoms with van der Waals surface area (Å²) in [5, 5.41) is 4.58. The summed E-state index contributed by atoms with van der Waals surface area (Å²) in [4.78, 5) is 2.47. The summed E-state index contributed by atoms with van der Waals surface area (Å²) in [6.07, 6.45) is 3.68. The van der Waals surface area contributed by atoms with E-state index in [-0.39, 0.29) is 6.04 Å². The Balaban J connectivity index is 2.27. The van der Waals surface area contributed by atoms with Crippen molar-refractivity contribution in [2.24, 2.45) is 18.7 Å². The van der Waals surface area contributed by atoms with Crippen molar-refractivity contribution in [1.29, 1.82) is 0 Å². The molecule has 1 fully saturated rings. The van der Waals surface area contributed by atoms with Gasteiger partial charge >= 0.3 is 0 Å². The molecule has 1 atom stereocenters. The number of aryl methyl sites for hydroxylation is 2. The van der Waals surface area contributed by atoms with Crippen LogP contribution in [-0.2, 0) is 13.5 Å². The maximum absolute atomic E-state index is 5.97. The van der Waals surface area contributed by atoms with Gasteiger partial charge in [-0.05, 0) is 46.0 Å². The molecule has 0 radical (unpaired) electrons. The van der Waals surface area contributed by atoms with Gasteiger partial charge in [-0.25, -0.2) is 0 Å². The van der Waals surface area contributed by atoms with Crippen molar-refractivity contribution in [3.8, 4) is 0 Å². The molecule has 0 spiro atoms. The molecule has 4 heteroatoms. The Morgan fingerprint density at radius 3 is 2.67 bits per heavy atom. The highest BCUT2D eigenvalue weighted by Crippen LogP contribution is 2.33. The lowest BCUT2D eigenvalue weighted by molar-refractivity contribution is 0.670. The van der Waals surface area contributed by atoms with E-state index in [1.165, 1.54) is 30.8 Å². The number of rotatable bonds is 6. The van der Waals surface area contributed by atoms with Crippen LogP contribution >= 0.6 is 0 Å². The number of hydrogen-bond donors (Lipinski definition) is 1. The first-order valence-electron chi connectivity index (χ1n) is 7.05. The highest BCUT2D eigenvalue weighted by Gasteiger charge is 2.27. The lowest BCUT2D eigenvalue weighted by Gasteiger charge is -2.25. The van der Waals surface area contributed by atoms with E-state index < -0.39 is 0 Å². The second kappa shape index (κ2) is 5.31. The third-order valence-corrected chi connectivity index (χ3v) is 3.70. The van der Waals surface area contributed by atoms with E-state index in [0.29, 0.717) is 0 Å². The minimum absolute atomic E-state index is 0.186. The van der Waals surface area contributed by atoms with Gasteiger partial charge in [0.05, 0.1) is 5.69 Å². The minimum atomic E-state index is 0.186. The maximum Gasteiger partial charge on any atom is 0.130 e. The summed E-state index contributed by atoms with van der Waals surface area (Å²) in [5.74, 6) is 2.17. The normalized spacial score (nSPS) is 16.9. The molecule has 0 aromatic carbocycles. The summed E-state index contributed by atoms with van der Waals surface area (Å²) in [7, 11) is 2.04. The van der Waals surface area contributed by atoms with Crippen LogP contribution in [-0.4, -0.2) is 28.9 Å². The van der Waals surface area contributed by atoms with Crippen LogP contribution in [0.3, 0.4) is 0 Å². The zero-order chi connectivity index (χ0) is 13.3. The fourth-order valence-corrected chi connectivity index (χ4v) is 2.62. The largest absolute Gasteiger partial charge is 0.357 e. The fourth-order valence-electron chi connectivity index (χ4n) is 2.62. The summed E-state index contributed by atoms with van der Waals surface area (Å²) >= 11 is 0. The Hall–Kier alpha value is -1.03. The van der Waals surface area contributed by atoms with Gasteiger partial charge in [0, 0.05) is 31.7 Å². The Morgan fingerprint density at radius 2 is 2.17 bits per heavy atom. The van der Waals surface area contributed by atoms with Crippen molar-refractivity contribution in [2.45, 2.75) is 46.1 Å². The van der Waals surface area contributed by atoms with Gasteiger partial charge in [0.1, 0.15) is 5.82 Å². The Bertz CT molecular complexity index is 404. The molecule has 0 bridgehead atoms. The molecule has 2 rings (SSSR count). The van der Waals surface area contributed by atoms with Gasteiger partial charge in [0.15, 0.2) is 0 Å². The van der Waals surface area contributed by atoms with Gasteiger partial charge < -0.3 is 10.6 Å². The quantitative estimate of drug-likeness (QED) is 0.838. The summed E-state index contributed by atoms with van der Waals surface area (Å²) in [6.45, 7) is 8.59. The van der Waals surface area contributed by atoms with E-state index in [1.54, 1.807) is 0 Å². The number of nitrogens with two attached hydrogens (primary N) is 1. The van der Waals surface area contributed by atoms with Crippen LogP contribution in [0, 0.1) is 12.8 Å². The molecule has 1 aromatic heterocycles. The Kier molecular flexibility index (Phi) is 3.95. The van der Waals surface area contributed by atoms with Crippen molar-refractivity contribution in [3.05, 3.63) is 11.3 Å². The molecule has 2 N–H and O–H groups in total. The van der Waals surface area contributed by atoms with Gasteiger partial charge in [-0.15, -0.1) is 0 Å². The molecule has 1 heterocycles. The van der Waals surface area contributed by atoms with Crippen LogP contribution in [0.4, 0.5) is 5.82 Å². The average Bonchev–Trinajstić information content (AvgIpc) is 3.05. The van der Waals surface area contributed by atoms with Crippen molar-refractivity contribution in [3.63, 3.8) is 0 Å². The lowest BCUT2D eigenvalue weighted by Crippen LogP contribution is -2.29. The van der Waals surface area contributed by atoms with E-state index in [0.717, 1.165) is 24.6 Å². The molecular weight excluding hydrogens is 224 g/mol. The zero-order valence-corrected chi connectivity index (χ0v) is 12.1. The first-order valence-corrected chi connectivity index (χ1v) is 7.05. The molecule has 0 amide bonds. The van der Waals surface area contributed by atoms with E-state index in [4.69, 9.17) is 5.73 Å². The molecule has 4 nitrogen and oxygen atoms in total. The van der Waals surface area contributed by atoms with Crippen molar-refractivity contribution in [1.82, 2.24) is 9.78 Å². The molecule has 0 saturated heterocycles. The van der Waals surface area contributed by atoms with Crippen LogP contribution in [0.15, 0.2) is 0 Å². The predicted molar refractivity (Wildman–Crippen MR) is 75.9 cm³/mol. The van der Waals surface area contributed by atoms with Gasteiger partial charge in [-0.3, -0.25) is 4.68 Å². The first-order chi connectivity index (χ1) is 8.52. The van der Waals surface area contributed by atoms with Crippen LogP contribution in [0.1, 0.15) is 37.9 Å². The smallest absolute Gasteiger partial charge is 0.130 e. The molecule has 18 heavy (non-hydrogen) atoms. The molecule has 1 saturated carbocycles. The molecular formula is C14H26N4. The zero-order valence-electron chi connectivity index (χ0n) is 12.1. The summed E-state index contributed by atoms with van der Waals surface area (Å²) in [6, 6.07) is 0.186. The monoisotopic (exact) mass is 250 g/mol. The highest BCUT2D eigenvalue weighted by atomic mass is 15.4. The van der Waals surface area contributed by atoms with Crippen LogP contribution in [0.5, 0.6) is 0 Å². The number of anilines is 1. The molecule has 1 aromatic rings. The van der Waals surface area contributed by atoms with Crippen LogP contribution < -0.4 is 10.6 Å². The Morgan fingerprint density at radius 1 is 1.50 bits per heavy atom. The topological polar surface area (TPSA) is 47.1 Å². The van der Waals surface area contributed by atoms with Crippen LogP contribution in [0.2, 0.25) is 0 Å². The van der Waals surface area contributed by atoms with Gasteiger partial charge in [0.25, 0.3) is 0 Å². The lowest BCUT2D eigenvalue weighted by atomic mass is 10.1. The SMILES string of the molecule is CCN(CC1CC1)c1c(CC(C)N)c(C)nn1C. The fraction of sp³-hybridized carbons (Fsp3) is 0.786. The van der Waals surface area contributed by atoms with Crippen molar-refractivity contribution >= 4 is 5.82 Å². The molecule has 1 aliphatic carbocycles. The summed E-state index contributed by atoms with van der Waals surface area (Å²) < 4.78 is 2.03. The van der Waals surface area contributed by atoms with Crippen molar-refractivity contribution < 1.29 is 0 Å². The summed E-state index contributed by atoms with van der Waals surface area (Å²) in [5.41, 5.74) is 8.42. The van der Waals surface area contributed by atoms with E-state index in [2.05, 4.69) is 30.8 Å². The third-order valence-electron chi connectivity index (χ3n) is 3.70. The van der Waals surface area contributed by atoms with E-state index in [1.807, 2.05) is 11.7 Å². The second-order valence-electron chi connectivity index (χ2n) is 5.67. The standard InChI is InChI=1S/C14H26N4/c1-5-18(9-12-6-7-12)14-13(8-10(2)15)11(3)16-17(14)4/h10,12H,5-9,15H2,1-4H3. The molecule has 102 valence electrons. The molecule has 0 aliphatic heterocycles. The van der Waals surface area contributed by atoms with Gasteiger partial charge in [-0.2, -0.15) is 5.10 Å². The first kappa shape index (κ1) is 13.4. The second-order valence-corrected chi connectivity index (χ2v) is 5.67. The third kappa shape index (κ3) is 2.86. The number of nitrogens with zero attached hydrogens (tertiary/aromatic N) is 3. The Labute approximate surface area is 110 Å². The number of aromatic nitrogens is 2.